The van der Waals surface area contributed by atoms with Crippen molar-refractivity contribution in [2.45, 2.75) is 236 Å². The smallest absolute Gasteiger partial charge is 0.305 e. The number of esters is 1. The predicted molar refractivity (Wildman–Crippen MR) is 264 cm³/mol. The molecule has 1 fully saturated rings. The van der Waals surface area contributed by atoms with Gasteiger partial charge < -0.3 is 45.1 Å². The summed E-state index contributed by atoms with van der Waals surface area (Å²) < 4.78 is 16.6. The first kappa shape index (κ1) is 60.1. The van der Waals surface area contributed by atoms with Gasteiger partial charge >= 0.3 is 5.97 Å². The van der Waals surface area contributed by atoms with Gasteiger partial charge in [0.2, 0.25) is 5.91 Å². The van der Waals surface area contributed by atoms with Gasteiger partial charge in [-0.15, -0.1) is 0 Å². The van der Waals surface area contributed by atoms with Gasteiger partial charge in [-0.3, -0.25) is 9.59 Å². The Balaban J connectivity index is 2.23. The van der Waals surface area contributed by atoms with E-state index in [0.29, 0.717) is 19.4 Å². The van der Waals surface area contributed by atoms with Crippen molar-refractivity contribution in [2.24, 2.45) is 0 Å². The fourth-order valence-electron chi connectivity index (χ4n) is 7.36. The molecule has 11 heteroatoms. The summed E-state index contributed by atoms with van der Waals surface area (Å²) in [4.78, 5) is 25.0. The van der Waals surface area contributed by atoms with Crippen molar-refractivity contribution in [2.75, 3.05) is 19.8 Å². The van der Waals surface area contributed by atoms with Crippen molar-refractivity contribution in [3.8, 4) is 0 Å². The van der Waals surface area contributed by atoms with E-state index in [1.165, 1.54) is 77.0 Å². The molecule has 6 N–H and O–H groups in total. The summed E-state index contributed by atoms with van der Waals surface area (Å²) in [6.45, 7) is 4.11. The molecule has 1 aliphatic rings. The molecular weight excluding hydrogens is 823 g/mol. The summed E-state index contributed by atoms with van der Waals surface area (Å²) in [7, 11) is 0. The SMILES string of the molecule is CCC/C=C\C/C=C\CCCCCCCC(=O)OCCCCCCCC/C=C\C/C=C\CCC(=O)NC(COC1OC(CO)C(O)C(O)C1O)C(O)/C=C/CC/C=C/CCCCCCC. The number of hydrogen-bond acceptors (Lipinski definition) is 10. The van der Waals surface area contributed by atoms with Crippen molar-refractivity contribution >= 4 is 11.9 Å². The molecule has 0 aromatic rings. The minimum absolute atomic E-state index is 0.0574. The molecule has 0 aliphatic carbocycles. The zero-order valence-electron chi connectivity index (χ0n) is 40.7. The van der Waals surface area contributed by atoms with Crippen molar-refractivity contribution < 1.29 is 49.3 Å². The van der Waals surface area contributed by atoms with E-state index in [0.717, 1.165) is 83.5 Å². The Morgan fingerprint density at radius 2 is 1.09 bits per heavy atom. The van der Waals surface area contributed by atoms with Gasteiger partial charge in [0, 0.05) is 12.8 Å². The Morgan fingerprint density at radius 1 is 0.569 bits per heavy atom. The summed E-state index contributed by atoms with van der Waals surface area (Å²) in [5, 5.41) is 54.0. The van der Waals surface area contributed by atoms with Crippen LogP contribution in [0.5, 0.6) is 0 Å². The Bertz CT molecular complexity index is 1310. The Kier molecular flexibility index (Phi) is 40.4. The maximum Gasteiger partial charge on any atom is 0.305 e. The first-order valence-corrected chi connectivity index (χ1v) is 25.7. The van der Waals surface area contributed by atoms with Gasteiger partial charge in [-0.2, -0.15) is 0 Å². The van der Waals surface area contributed by atoms with Crippen LogP contribution in [0.1, 0.15) is 194 Å². The van der Waals surface area contributed by atoms with E-state index in [1.807, 2.05) is 18.2 Å². The third-order valence-corrected chi connectivity index (χ3v) is 11.5. The van der Waals surface area contributed by atoms with E-state index in [2.05, 4.69) is 67.8 Å². The maximum atomic E-state index is 12.9. The molecule has 1 aliphatic heterocycles. The summed E-state index contributed by atoms with van der Waals surface area (Å²) in [5.74, 6) is -0.335. The van der Waals surface area contributed by atoms with Gasteiger partial charge in [-0.1, -0.05) is 164 Å². The number of carbonyl (C=O) groups is 2. The lowest BCUT2D eigenvalue weighted by molar-refractivity contribution is -0.302. The van der Waals surface area contributed by atoms with Gasteiger partial charge in [-0.25, -0.2) is 0 Å². The molecule has 374 valence electrons. The number of unbranched alkanes of at least 4 members (excludes halogenated alkanes) is 18. The van der Waals surface area contributed by atoms with Crippen LogP contribution < -0.4 is 5.32 Å². The van der Waals surface area contributed by atoms with Crippen LogP contribution in [-0.4, -0.2) is 100 Å². The van der Waals surface area contributed by atoms with Gasteiger partial charge in [-0.05, 0) is 89.9 Å². The fraction of sp³-hybridized carbons (Fsp3) is 0.741. The van der Waals surface area contributed by atoms with Crippen LogP contribution in [0.3, 0.4) is 0 Å². The average molecular weight is 916 g/mol. The zero-order chi connectivity index (χ0) is 47.4. The van der Waals surface area contributed by atoms with Gasteiger partial charge in [0.1, 0.15) is 24.4 Å². The fourth-order valence-corrected chi connectivity index (χ4v) is 7.36. The molecule has 11 nitrogen and oxygen atoms in total. The second kappa shape index (κ2) is 43.7. The topological polar surface area (TPSA) is 175 Å². The number of rotatable bonds is 42. The van der Waals surface area contributed by atoms with E-state index < -0.39 is 49.5 Å². The molecule has 7 unspecified atom stereocenters. The average Bonchev–Trinajstić information content (AvgIpc) is 3.30. The zero-order valence-corrected chi connectivity index (χ0v) is 40.7. The van der Waals surface area contributed by atoms with Crippen LogP contribution in [0.25, 0.3) is 0 Å². The highest BCUT2D eigenvalue weighted by molar-refractivity contribution is 5.76. The molecule has 0 bridgehead atoms. The molecule has 1 rings (SSSR count). The van der Waals surface area contributed by atoms with Gasteiger partial charge in [0.25, 0.3) is 0 Å². The lowest BCUT2D eigenvalue weighted by Crippen LogP contribution is -2.60. The lowest BCUT2D eigenvalue weighted by atomic mass is 9.99. The van der Waals surface area contributed by atoms with Crippen molar-refractivity contribution in [3.05, 3.63) is 72.9 Å². The molecule has 0 saturated carbocycles. The van der Waals surface area contributed by atoms with E-state index in [4.69, 9.17) is 14.2 Å². The minimum Gasteiger partial charge on any atom is -0.466 e. The number of amides is 1. The number of aliphatic hydroxyl groups is 5. The quantitative estimate of drug-likeness (QED) is 0.0196. The molecule has 7 atom stereocenters. The number of hydrogen-bond donors (Lipinski definition) is 6. The summed E-state index contributed by atoms with van der Waals surface area (Å²) in [5.41, 5.74) is 0. The van der Waals surface area contributed by atoms with Crippen molar-refractivity contribution in [3.63, 3.8) is 0 Å². The van der Waals surface area contributed by atoms with E-state index >= 15 is 0 Å². The molecule has 0 aromatic carbocycles. The van der Waals surface area contributed by atoms with Crippen LogP contribution >= 0.6 is 0 Å². The van der Waals surface area contributed by atoms with Crippen LogP contribution in [0.15, 0.2) is 72.9 Å². The summed E-state index contributed by atoms with van der Waals surface area (Å²) in [6, 6.07) is -0.873. The number of carbonyl (C=O) groups excluding carboxylic acids is 2. The van der Waals surface area contributed by atoms with Crippen LogP contribution in [0.2, 0.25) is 0 Å². The maximum absolute atomic E-state index is 12.9. The van der Waals surface area contributed by atoms with Crippen LogP contribution in [0.4, 0.5) is 0 Å². The summed E-state index contributed by atoms with van der Waals surface area (Å²) in [6.07, 6.45) is 45.7. The largest absolute Gasteiger partial charge is 0.466 e. The molecule has 0 radical (unpaired) electrons. The van der Waals surface area contributed by atoms with E-state index in [1.54, 1.807) is 6.08 Å². The molecular formula is C54H93NO10. The number of aliphatic hydroxyl groups excluding tert-OH is 5. The molecule has 0 spiro atoms. The second-order valence-electron chi connectivity index (χ2n) is 17.5. The van der Waals surface area contributed by atoms with Crippen LogP contribution in [0, 0.1) is 0 Å². The molecule has 65 heavy (non-hydrogen) atoms. The Hall–Kier alpha value is -2.90. The standard InChI is InChI=1S/C54H93NO10/c1-3-5-7-9-11-13-15-17-22-26-30-34-38-42-50(59)63-43-39-35-31-27-23-19-16-18-21-25-29-33-37-41-49(58)55-46(45-64-54-53(62)52(61)51(60)48(44-56)65-54)47(57)40-36-32-28-24-20-14-12-10-8-6-4-2/h7,9,13,15,18,20-21,24,29,33,36,40,46-48,51-54,56-57,60-62H,3-6,8,10-12,14,16-17,19,22-23,25-28,30-32,34-35,37-39,41-45H2,1-2H3,(H,55,58)/b9-7-,15-13-,21-18-,24-20+,33-29-,40-36+. The Morgan fingerprint density at radius 3 is 1.71 bits per heavy atom. The minimum atomic E-state index is -1.59. The summed E-state index contributed by atoms with van der Waals surface area (Å²) >= 11 is 0. The highest BCUT2D eigenvalue weighted by Gasteiger charge is 2.44. The molecule has 1 saturated heterocycles. The Labute approximate surface area is 394 Å². The van der Waals surface area contributed by atoms with Crippen molar-refractivity contribution in [1.29, 1.82) is 0 Å². The first-order valence-electron chi connectivity index (χ1n) is 25.7. The monoisotopic (exact) mass is 916 g/mol. The third-order valence-electron chi connectivity index (χ3n) is 11.5. The lowest BCUT2D eigenvalue weighted by Gasteiger charge is -2.40. The van der Waals surface area contributed by atoms with Gasteiger partial charge in [0.15, 0.2) is 6.29 Å². The van der Waals surface area contributed by atoms with Crippen LogP contribution in [-0.2, 0) is 23.8 Å². The predicted octanol–water partition coefficient (Wildman–Crippen LogP) is 10.5. The van der Waals surface area contributed by atoms with Gasteiger partial charge in [0.05, 0.1) is 32.0 Å². The first-order chi connectivity index (χ1) is 31.7. The van der Waals surface area contributed by atoms with E-state index in [9.17, 15) is 35.1 Å². The number of nitrogens with one attached hydrogen (secondary N) is 1. The van der Waals surface area contributed by atoms with Crippen molar-refractivity contribution in [1.82, 2.24) is 5.32 Å². The highest BCUT2D eigenvalue weighted by atomic mass is 16.7. The second-order valence-corrected chi connectivity index (χ2v) is 17.5. The molecule has 1 heterocycles. The molecule has 1 amide bonds. The normalized spacial score (nSPS) is 20.4. The highest BCUT2D eigenvalue weighted by Crippen LogP contribution is 2.22. The molecule has 0 aromatic heterocycles. The number of allylic oxidation sites excluding steroid dienone is 11. The van der Waals surface area contributed by atoms with E-state index in [-0.39, 0.29) is 24.9 Å². The third kappa shape index (κ3) is 34.1. The number of ether oxygens (including phenoxy) is 3.